The van der Waals surface area contributed by atoms with Gasteiger partial charge in [-0.1, -0.05) is 55.0 Å². The normalized spacial score (nSPS) is 16.7. The van der Waals surface area contributed by atoms with E-state index >= 15 is 0 Å². The lowest BCUT2D eigenvalue weighted by atomic mass is 9.79. The topological polar surface area (TPSA) is 12.0 Å². The molecule has 2 aromatic rings. The fourth-order valence-corrected chi connectivity index (χ4v) is 2.97. The zero-order valence-electron chi connectivity index (χ0n) is 12.4. The highest BCUT2D eigenvalue weighted by molar-refractivity contribution is 5.68. The SMILES string of the molecule is CNC(C)c1ccccc1-c1ccc(C2CCC2)cc1. The lowest BCUT2D eigenvalue weighted by Crippen LogP contribution is -2.13. The Kier molecular flexibility index (Phi) is 3.88. The predicted molar refractivity (Wildman–Crippen MR) is 85.9 cm³/mol. The summed E-state index contributed by atoms with van der Waals surface area (Å²) in [5, 5.41) is 3.34. The molecule has 0 heterocycles. The van der Waals surface area contributed by atoms with Gasteiger partial charge in [0.25, 0.3) is 0 Å². The van der Waals surface area contributed by atoms with Crippen LogP contribution in [0.5, 0.6) is 0 Å². The number of rotatable bonds is 4. The summed E-state index contributed by atoms with van der Waals surface area (Å²) in [5.74, 6) is 0.815. The van der Waals surface area contributed by atoms with E-state index in [9.17, 15) is 0 Å². The molecule has 1 nitrogen and oxygen atoms in total. The van der Waals surface area contributed by atoms with Crippen LogP contribution in [-0.4, -0.2) is 7.05 Å². The molecular formula is C19H23N. The van der Waals surface area contributed by atoms with Crippen LogP contribution in [0.2, 0.25) is 0 Å². The van der Waals surface area contributed by atoms with Crippen LogP contribution in [0.25, 0.3) is 11.1 Å². The number of nitrogens with one attached hydrogen (secondary N) is 1. The third-order valence-electron chi connectivity index (χ3n) is 4.66. The lowest BCUT2D eigenvalue weighted by Gasteiger charge is -2.26. The van der Waals surface area contributed by atoms with Crippen molar-refractivity contribution in [2.75, 3.05) is 7.05 Å². The van der Waals surface area contributed by atoms with Crippen LogP contribution in [0.4, 0.5) is 0 Å². The summed E-state index contributed by atoms with van der Waals surface area (Å²) in [4.78, 5) is 0. The Morgan fingerprint density at radius 1 is 1.00 bits per heavy atom. The molecule has 0 aliphatic heterocycles. The second-order valence-electron chi connectivity index (χ2n) is 5.85. The van der Waals surface area contributed by atoms with Crippen LogP contribution >= 0.6 is 0 Å². The van der Waals surface area contributed by atoms with Crippen molar-refractivity contribution in [1.82, 2.24) is 5.32 Å². The van der Waals surface area contributed by atoms with Gasteiger partial charge in [-0.3, -0.25) is 0 Å². The molecule has 1 N–H and O–H groups in total. The van der Waals surface area contributed by atoms with Crippen molar-refractivity contribution in [1.29, 1.82) is 0 Å². The van der Waals surface area contributed by atoms with E-state index in [1.807, 2.05) is 7.05 Å². The van der Waals surface area contributed by atoms with Crippen molar-refractivity contribution in [3.63, 3.8) is 0 Å². The highest BCUT2D eigenvalue weighted by atomic mass is 14.9. The first kappa shape index (κ1) is 13.4. The van der Waals surface area contributed by atoms with Crippen LogP contribution < -0.4 is 5.32 Å². The Hall–Kier alpha value is -1.60. The summed E-state index contributed by atoms with van der Waals surface area (Å²) >= 11 is 0. The summed E-state index contributed by atoms with van der Waals surface area (Å²) in [7, 11) is 2.02. The molecule has 1 aliphatic carbocycles. The average molecular weight is 265 g/mol. The molecule has 0 aromatic heterocycles. The first-order chi connectivity index (χ1) is 9.79. The number of hydrogen-bond acceptors (Lipinski definition) is 1. The maximum Gasteiger partial charge on any atom is 0.0295 e. The van der Waals surface area contributed by atoms with Crippen LogP contribution in [0.15, 0.2) is 48.5 Å². The van der Waals surface area contributed by atoms with E-state index in [2.05, 4.69) is 60.8 Å². The van der Waals surface area contributed by atoms with E-state index in [1.165, 1.54) is 41.5 Å². The van der Waals surface area contributed by atoms with Gasteiger partial charge in [-0.2, -0.15) is 0 Å². The second-order valence-corrected chi connectivity index (χ2v) is 5.85. The van der Waals surface area contributed by atoms with Crippen molar-refractivity contribution < 1.29 is 0 Å². The van der Waals surface area contributed by atoms with Gasteiger partial charge >= 0.3 is 0 Å². The molecule has 0 bridgehead atoms. The smallest absolute Gasteiger partial charge is 0.0295 e. The van der Waals surface area contributed by atoms with Crippen LogP contribution in [0.3, 0.4) is 0 Å². The Balaban J connectivity index is 1.92. The fourth-order valence-electron chi connectivity index (χ4n) is 2.97. The molecule has 3 rings (SSSR count). The Bertz CT molecular complexity index is 567. The highest BCUT2D eigenvalue weighted by Gasteiger charge is 2.19. The van der Waals surface area contributed by atoms with Crippen LogP contribution in [0, 0.1) is 0 Å². The van der Waals surface area contributed by atoms with Gasteiger partial charge < -0.3 is 5.32 Å². The molecule has 0 amide bonds. The van der Waals surface area contributed by atoms with E-state index in [1.54, 1.807) is 0 Å². The van der Waals surface area contributed by atoms with Crippen molar-refractivity contribution >= 4 is 0 Å². The van der Waals surface area contributed by atoms with E-state index < -0.39 is 0 Å². The largest absolute Gasteiger partial charge is 0.313 e. The van der Waals surface area contributed by atoms with E-state index in [4.69, 9.17) is 0 Å². The predicted octanol–water partition coefficient (Wildman–Crippen LogP) is 4.90. The van der Waals surface area contributed by atoms with Gasteiger partial charge in [0.05, 0.1) is 0 Å². The Morgan fingerprint density at radius 2 is 1.70 bits per heavy atom. The monoisotopic (exact) mass is 265 g/mol. The third kappa shape index (κ3) is 2.51. The fraction of sp³-hybridized carbons (Fsp3) is 0.368. The third-order valence-corrected chi connectivity index (χ3v) is 4.66. The van der Waals surface area contributed by atoms with Gasteiger partial charge in [-0.25, -0.2) is 0 Å². The molecule has 0 radical (unpaired) electrons. The molecule has 0 spiro atoms. The summed E-state index contributed by atoms with van der Waals surface area (Å²) in [5.41, 5.74) is 5.55. The van der Waals surface area contributed by atoms with Crippen molar-refractivity contribution in [2.24, 2.45) is 0 Å². The molecule has 1 unspecified atom stereocenters. The van der Waals surface area contributed by atoms with E-state index in [0.717, 1.165) is 5.92 Å². The summed E-state index contributed by atoms with van der Waals surface area (Å²) in [6.45, 7) is 2.21. The zero-order chi connectivity index (χ0) is 13.9. The molecule has 1 aliphatic rings. The molecule has 2 aromatic carbocycles. The van der Waals surface area contributed by atoms with Crippen molar-refractivity contribution in [3.8, 4) is 11.1 Å². The second kappa shape index (κ2) is 5.80. The number of hydrogen-bond donors (Lipinski definition) is 1. The van der Waals surface area contributed by atoms with E-state index in [0.29, 0.717) is 6.04 Å². The molecule has 1 heteroatoms. The number of benzene rings is 2. The molecule has 1 fully saturated rings. The minimum absolute atomic E-state index is 0.373. The minimum Gasteiger partial charge on any atom is -0.313 e. The van der Waals surface area contributed by atoms with Crippen molar-refractivity contribution in [3.05, 3.63) is 59.7 Å². The molecule has 104 valence electrons. The lowest BCUT2D eigenvalue weighted by molar-refractivity contribution is 0.420. The first-order valence-corrected chi connectivity index (χ1v) is 7.66. The van der Waals surface area contributed by atoms with Gasteiger partial charge in [-0.15, -0.1) is 0 Å². The molecule has 1 saturated carbocycles. The molecule has 20 heavy (non-hydrogen) atoms. The summed E-state index contributed by atoms with van der Waals surface area (Å²) < 4.78 is 0. The molecule has 1 atom stereocenters. The Morgan fingerprint density at radius 3 is 2.30 bits per heavy atom. The molecular weight excluding hydrogens is 242 g/mol. The quantitative estimate of drug-likeness (QED) is 0.829. The van der Waals surface area contributed by atoms with Gasteiger partial charge in [-0.05, 0) is 55.0 Å². The highest BCUT2D eigenvalue weighted by Crippen LogP contribution is 2.37. The summed E-state index contributed by atoms with van der Waals surface area (Å²) in [6.07, 6.45) is 4.13. The minimum atomic E-state index is 0.373. The zero-order valence-corrected chi connectivity index (χ0v) is 12.4. The van der Waals surface area contributed by atoms with Crippen molar-refractivity contribution in [2.45, 2.75) is 38.1 Å². The molecule has 0 saturated heterocycles. The maximum atomic E-state index is 3.34. The Labute approximate surface area is 122 Å². The average Bonchev–Trinajstić information content (AvgIpc) is 2.45. The van der Waals surface area contributed by atoms with E-state index in [-0.39, 0.29) is 0 Å². The van der Waals surface area contributed by atoms with Crippen LogP contribution in [0.1, 0.15) is 49.3 Å². The van der Waals surface area contributed by atoms with Gasteiger partial charge in [0.15, 0.2) is 0 Å². The standard InChI is InChI=1S/C19H23N/c1-14(20-2)18-8-3-4-9-19(18)17-12-10-16(11-13-17)15-6-5-7-15/h3-4,8-15,20H,5-7H2,1-2H3. The maximum absolute atomic E-state index is 3.34. The summed E-state index contributed by atoms with van der Waals surface area (Å²) in [6, 6.07) is 18.3. The van der Waals surface area contributed by atoms with Gasteiger partial charge in [0, 0.05) is 6.04 Å². The first-order valence-electron chi connectivity index (χ1n) is 7.66. The van der Waals surface area contributed by atoms with Crippen LogP contribution in [-0.2, 0) is 0 Å². The van der Waals surface area contributed by atoms with Gasteiger partial charge in [0.2, 0.25) is 0 Å². The van der Waals surface area contributed by atoms with Gasteiger partial charge in [0.1, 0.15) is 0 Å².